The largest absolute Gasteiger partial charge is 0.350 e. The third-order valence-electron chi connectivity index (χ3n) is 9.01. The molecule has 170 valence electrons. The maximum atomic E-state index is 13.1. The van der Waals surface area contributed by atoms with Crippen LogP contribution in [0.4, 0.5) is 0 Å². The molecule has 2 aliphatic heterocycles. The van der Waals surface area contributed by atoms with Crippen LogP contribution in [0.25, 0.3) is 5.65 Å². The van der Waals surface area contributed by atoms with Crippen molar-refractivity contribution in [3.05, 3.63) is 35.8 Å². The van der Waals surface area contributed by atoms with Gasteiger partial charge in [0.1, 0.15) is 11.3 Å². The fraction of sp³-hybridized carbons (Fsp3) is 0.640. The highest BCUT2D eigenvalue weighted by Crippen LogP contribution is 2.61. The summed E-state index contributed by atoms with van der Waals surface area (Å²) in [4.78, 5) is 32.5. The van der Waals surface area contributed by atoms with Gasteiger partial charge in [-0.1, -0.05) is 19.9 Å². The predicted octanol–water partition coefficient (Wildman–Crippen LogP) is 2.25. The normalized spacial score (nSPS) is 32.2. The molecule has 7 rings (SSSR count). The van der Waals surface area contributed by atoms with E-state index in [0.29, 0.717) is 34.8 Å². The smallest absolute Gasteiger partial charge is 0.268 e. The van der Waals surface area contributed by atoms with E-state index in [2.05, 4.69) is 29.5 Å². The minimum Gasteiger partial charge on any atom is -0.350 e. The molecule has 2 amide bonds. The summed E-state index contributed by atoms with van der Waals surface area (Å²) in [6.07, 6.45) is 7.01. The zero-order valence-electron chi connectivity index (χ0n) is 19.0. The topological polar surface area (TPSA) is 78.7 Å². The van der Waals surface area contributed by atoms with Crippen LogP contribution in [0.1, 0.15) is 55.7 Å². The van der Waals surface area contributed by atoms with Gasteiger partial charge in [-0.05, 0) is 61.0 Å². The second-order valence-corrected chi connectivity index (χ2v) is 11.0. The standard InChI is InChI=1S/C25H33N5O2/c1-25(2)16-7-6-15(20(25)8-16)11-27-24(32)21-4-3-5-22-28-18(14-30(21)22)10-23(31)29-13-17-9-19(29)12-26-17/h3-5,14-17,19-20,26H,6-13H2,1-2H3,(H,27,32)/t15-,16+,17-,19-,20+/m0/s1. The monoisotopic (exact) mass is 435 g/mol. The number of imidazole rings is 1. The molecule has 0 radical (unpaired) electrons. The molecular weight excluding hydrogens is 402 g/mol. The van der Waals surface area contributed by atoms with Crippen molar-refractivity contribution in [1.29, 1.82) is 0 Å². The van der Waals surface area contributed by atoms with Crippen LogP contribution in [0.15, 0.2) is 24.4 Å². The Kier molecular flexibility index (Phi) is 4.61. The molecule has 32 heavy (non-hydrogen) atoms. The van der Waals surface area contributed by atoms with Crippen LogP contribution in [-0.4, -0.2) is 57.8 Å². The van der Waals surface area contributed by atoms with E-state index in [9.17, 15) is 9.59 Å². The van der Waals surface area contributed by atoms with E-state index in [1.54, 1.807) is 0 Å². The Morgan fingerprint density at radius 1 is 1.25 bits per heavy atom. The molecule has 4 heterocycles. The van der Waals surface area contributed by atoms with E-state index < -0.39 is 0 Å². The molecule has 0 unspecified atom stereocenters. The molecule has 7 nitrogen and oxygen atoms in total. The van der Waals surface area contributed by atoms with Crippen molar-refractivity contribution in [3.8, 4) is 0 Å². The lowest BCUT2D eigenvalue weighted by molar-refractivity contribution is -0.131. The number of hydrogen-bond donors (Lipinski definition) is 2. The molecule has 2 aromatic rings. The third-order valence-corrected chi connectivity index (χ3v) is 9.01. The van der Waals surface area contributed by atoms with Crippen molar-refractivity contribution >= 4 is 17.5 Å². The maximum absolute atomic E-state index is 13.1. The summed E-state index contributed by atoms with van der Waals surface area (Å²) in [5.74, 6) is 2.23. The lowest BCUT2D eigenvalue weighted by atomic mass is 9.45. The van der Waals surface area contributed by atoms with Crippen LogP contribution in [0.3, 0.4) is 0 Å². The quantitative estimate of drug-likeness (QED) is 0.755. The van der Waals surface area contributed by atoms with Gasteiger partial charge in [0.25, 0.3) is 5.91 Å². The fourth-order valence-corrected chi connectivity index (χ4v) is 6.98. The molecule has 0 spiro atoms. The first kappa shape index (κ1) is 20.2. The highest BCUT2D eigenvalue weighted by Gasteiger charge is 2.54. The van der Waals surface area contributed by atoms with E-state index in [1.165, 1.54) is 19.3 Å². The fourth-order valence-electron chi connectivity index (χ4n) is 6.98. The maximum Gasteiger partial charge on any atom is 0.268 e. The van der Waals surface area contributed by atoms with Gasteiger partial charge in [-0.15, -0.1) is 0 Å². The summed E-state index contributed by atoms with van der Waals surface area (Å²) >= 11 is 0. The number of hydrogen-bond acceptors (Lipinski definition) is 4. The first-order chi connectivity index (χ1) is 15.4. The van der Waals surface area contributed by atoms with Gasteiger partial charge in [0.05, 0.1) is 12.1 Å². The first-order valence-corrected chi connectivity index (χ1v) is 12.2. The molecule has 3 aliphatic carbocycles. The second kappa shape index (κ2) is 7.30. The van der Waals surface area contributed by atoms with Crippen molar-refractivity contribution in [2.45, 2.75) is 58.0 Å². The summed E-state index contributed by atoms with van der Waals surface area (Å²) in [6, 6.07) is 6.37. The van der Waals surface area contributed by atoms with Crippen LogP contribution in [-0.2, 0) is 11.2 Å². The highest BCUT2D eigenvalue weighted by atomic mass is 16.2. The molecule has 3 saturated carbocycles. The molecule has 2 N–H and O–H groups in total. The molecule has 7 heteroatoms. The molecule has 4 bridgehead atoms. The van der Waals surface area contributed by atoms with E-state index in [-0.39, 0.29) is 18.2 Å². The van der Waals surface area contributed by atoms with Crippen LogP contribution >= 0.6 is 0 Å². The van der Waals surface area contributed by atoms with Crippen molar-refractivity contribution in [3.63, 3.8) is 0 Å². The predicted molar refractivity (Wildman–Crippen MR) is 121 cm³/mol. The number of pyridine rings is 1. The third kappa shape index (κ3) is 3.16. The number of aromatic nitrogens is 2. The Hall–Kier alpha value is -2.41. The van der Waals surface area contributed by atoms with Gasteiger partial charge in [-0.2, -0.15) is 0 Å². The minimum absolute atomic E-state index is 0.0620. The van der Waals surface area contributed by atoms with E-state index >= 15 is 0 Å². The Morgan fingerprint density at radius 3 is 2.84 bits per heavy atom. The number of nitrogens with zero attached hydrogens (tertiary/aromatic N) is 3. The van der Waals surface area contributed by atoms with Gasteiger partial charge in [0.2, 0.25) is 5.91 Å². The Labute approximate surface area is 188 Å². The minimum atomic E-state index is -0.0620. The number of piperazine rings is 1. The number of fused-ring (bicyclic) bond motifs is 5. The number of rotatable bonds is 5. The van der Waals surface area contributed by atoms with Gasteiger partial charge in [-0.25, -0.2) is 4.98 Å². The summed E-state index contributed by atoms with van der Waals surface area (Å²) in [6.45, 7) is 7.20. The van der Waals surface area contributed by atoms with Crippen molar-refractivity contribution in [2.24, 2.45) is 23.2 Å². The lowest BCUT2D eigenvalue weighted by Crippen LogP contribution is -2.54. The van der Waals surface area contributed by atoms with Crippen molar-refractivity contribution in [1.82, 2.24) is 24.9 Å². The Balaban J connectivity index is 1.14. The SMILES string of the molecule is CC1(C)[C@@H]2CC[C@@H](CNC(=O)c3cccc4nc(CC(=O)N5C[C@@H]6C[C@H]5CN6)cn34)[C@H]1C2. The average Bonchev–Trinajstić information content (AvgIpc) is 3.52. The van der Waals surface area contributed by atoms with Crippen molar-refractivity contribution in [2.75, 3.05) is 19.6 Å². The Morgan fingerprint density at radius 2 is 2.12 bits per heavy atom. The molecule has 2 aromatic heterocycles. The van der Waals surface area contributed by atoms with Crippen molar-refractivity contribution < 1.29 is 9.59 Å². The molecule has 5 aliphatic rings. The van der Waals surface area contributed by atoms with Crippen LogP contribution < -0.4 is 10.6 Å². The zero-order valence-corrected chi connectivity index (χ0v) is 19.0. The van der Waals surface area contributed by atoms with Gasteiger partial charge in [0.15, 0.2) is 0 Å². The first-order valence-electron chi connectivity index (χ1n) is 12.2. The summed E-state index contributed by atoms with van der Waals surface area (Å²) < 4.78 is 1.83. The van der Waals surface area contributed by atoms with Gasteiger partial charge >= 0.3 is 0 Å². The molecule has 2 saturated heterocycles. The van der Waals surface area contributed by atoms with Crippen LogP contribution in [0, 0.1) is 23.2 Å². The van der Waals surface area contributed by atoms with Gasteiger partial charge in [-0.3, -0.25) is 14.0 Å². The number of amides is 2. The van der Waals surface area contributed by atoms with E-state index in [4.69, 9.17) is 0 Å². The molecule has 5 atom stereocenters. The molecular formula is C25H33N5O2. The highest BCUT2D eigenvalue weighted by molar-refractivity contribution is 5.93. The van der Waals surface area contributed by atoms with Crippen LogP contribution in [0.2, 0.25) is 0 Å². The van der Waals surface area contributed by atoms with Gasteiger partial charge < -0.3 is 15.5 Å². The molecule has 5 fully saturated rings. The zero-order chi connectivity index (χ0) is 22.0. The Bertz CT molecular complexity index is 1070. The number of likely N-dealkylation sites (tertiary alicyclic amines) is 1. The lowest BCUT2D eigenvalue weighted by Gasteiger charge is -2.60. The number of nitrogens with one attached hydrogen (secondary N) is 2. The number of carbonyl (C=O) groups is 2. The number of carbonyl (C=O) groups excluding carboxylic acids is 2. The van der Waals surface area contributed by atoms with E-state index in [0.717, 1.165) is 43.6 Å². The molecule has 0 aromatic carbocycles. The summed E-state index contributed by atoms with van der Waals surface area (Å²) in [5.41, 5.74) is 2.44. The average molecular weight is 436 g/mol. The van der Waals surface area contributed by atoms with Gasteiger partial charge in [0, 0.05) is 37.9 Å². The van der Waals surface area contributed by atoms with Crippen LogP contribution in [0.5, 0.6) is 0 Å². The summed E-state index contributed by atoms with van der Waals surface area (Å²) in [7, 11) is 0. The summed E-state index contributed by atoms with van der Waals surface area (Å²) in [5, 5.41) is 6.63. The van der Waals surface area contributed by atoms with E-state index in [1.807, 2.05) is 33.7 Å². The second-order valence-electron chi connectivity index (χ2n) is 11.0.